The molecule has 0 saturated heterocycles. The minimum Gasteiger partial charge on any atom is -0.480 e. The lowest BCUT2D eigenvalue weighted by Gasteiger charge is -2.11. The van der Waals surface area contributed by atoms with Crippen LogP contribution >= 0.6 is 0 Å². The van der Waals surface area contributed by atoms with E-state index < -0.39 is 18.0 Å². The number of carbonyl (C=O) groups is 2. The van der Waals surface area contributed by atoms with Crippen molar-refractivity contribution in [3.8, 4) is 0 Å². The van der Waals surface area contributed by atoms with Crippen LogP contribution in [0.1, 0.15) is 34.6 Å². The van der Waals surface area contributed by atoms with Crippen molar-refractivity contribution in [1.29, 1.82) is 0 Å². The number of hydrogen-bond donors (Lipinski definition) is 3. The molecule has 98 valence electrons. The van der Waals surface area contributed by atoms with Gasteiger partial charge >= 0.3 is 12.0 Å². The Morgan fingerprint density at radius 1 is 1.24 bits per heavy atom. The van der Waals surface area contributed by atoms with Crippen LogP contribution in [-0.2, 0) is 4.79 Å². The van der Waals surface area contributed by atoms with Gasteiger partial charge in [-0.2, -0.15) is 0 Å². The maximum absolute atomic E-state index is 11.4. The lowest BCUT2D eigenvalue weighted by Crippen LogP contribution is -2.45. The first-order chi connectivity index (χ1) is 7.60. The molecule has 0 spiro atoms. The van der Waals surface area contributed by atoms with Crippen LogP contribution < -0.4 is 10.6 Å². The summed E-state index contributed by atoms with van der Waals surface area (Å²) in [7, 11) is 0. The Hall–Kier alpha value is -1.26. The van der Waals surface area contributed by atoms with E-state index in [-0.39, 0.29) is 10.8 Å². The predicted molar refractivity (Wildman–Crippen MR) is 64.7 cm³/mol. The summed E-state index contributed by atoms with van der Waals surface area (Å²) in [5, 5.41) is 13.7. The van der Waals surface area contributed by atoms with E-state index in [1.165, 1.54) is 6.92 Å². The Kier molecular flexibility index (Phi) is 3.41. The first-order valence-corrected chi connectivity index (χ1v) is 5.88. The second kappa shape index (κ2) is 4.20. The first-order valence-electron chi connectivity index (χ1n) is 5.88. The van der Waals surface area contributed by atoms with Gasteiger partial charge in [0.15, 0.2) is 0 Å². The van der Waals surface area contributed by atoms with Crippen LogP contribution in [0.4, 0.5) is 4.79 Å². The first kappa shape index (κ1) is 13.8. The Labute approximate surface area is 102 Å². The molecule has 5 nitrogen and oxygen atoms in total. The van der Waals surface area contributed by atoms with E-state index in [9.17, 15) is 9.59 Å². The lowest BCUT2D eigenvalue weighted by molar-refractivity contribution is -0.138. The maximum Gasteiger partial charge on any atom is 0.325 e. The Morgan fingerprint density at radius 2 is 1.71 bits per heavy atom. The molecule has 0 aromatic carbocycles. The number of amides is 2. The van der Waals surface area contributed by atoms with Crippen molar-refractivity contribution in [3.05, 3.63) is 0 Å². The van der Waals surface area contributed by atoms with E-state index >= 15 is 0 Å². The van der Waals surface area contributed by atoms with E-state index in [0.29, 0.717) is 12.5 Å². The third-order valence-corrected chi connectivity index (χ3v) is 4.50. The van der Waals surface area contributed by atoms with E-state index in [0.717, 1.165) is 0 Å². The number of aliphatic carboxylic acids is 1. The summed E-state index contributed by atoms with van der Waals surface area (Å²) in [5.41, 5.74) is 0.442. The molecule has 1 fully saturated rings. The minimum absolute atomic E-state index is 0.221. The molecule has 1 rings (SSSR count). The number of carboxylic acid groups (broad SMARTS) is 1. The van der Waals surface area contributed by atoms with Crippen molar-refractivity contribution >= 4 is 12.0 Å². The van der Waals surface area contributed by atoms with E-state index in [4.69, 9.17) is 5.11 Å². The zero-order valence-corrected chi connectivity index (χ0v) is 11.1. The predicted octanol–water partition coefficient (Wildman–Crippen LogP) is 1.44. The largest absolute Gasteiger partial charge is 0.480 e. The summed E-state index contributed by atoms with van der Waals surface area (Å²) >= 11 is 0. The highest BCUT2D eigenvalue weighted by Crippen LogP contribution is 2.67. The van der Waals surface area contributed by atoms with Crippen molar-refractivity contribution in [2.75, 3.05) is 6.54 Å². The van der Waals surface area contributed by atoms with E-state index in [1.54, 1.807) is 0 Å². The highest BCUT2D eigenvalue weighted by Gasteiger charge is 2.64. The molecular formula is C12H22N2O3. The molecule has 0 heterocycles. The van der Waals surface area contributed by atoms with Crippen LogP contribution in [0.15, 0.2) is 0 Å². The fourth-order valence-corrected chi connectivity index (χ4v) is 2.35. The molecule has 2 amide bonds. The lowest BCUT2D eigenvalue weighted by atomic mass is 10.0. The minimum atomic E-state index is -1.03. The van der Waals surface area contributed by atoms with Crippen LogP contribution in [0.2, 0.25) is 0 Å². The topological polar surface area (TPSA) is 78.4 Å². The van der Waals surface area contributed by atoms with Gasteiger partial charge in [-0.3, -0.25) is 4.79 Å². The number of urea groups is 1. The summed E-state index contributed by atoms with van der Waals surface area (Å²) in [6.45, 7) is 10.7. The van der Waals surface area contributed by atoms with Crippen LogP contribution in [0.25, 0.3) is 0 Å². The van der Waals surface area contributed by atoms with Crippen molar-refractivity contribution in [2.45, 2.75) is 40.7 Å². The molecule has 5 heteroatoms. The molecule has 17 heavy (non-hydrogen) atoms. The number of rotatable bonds is 4. The highest BCUT2D eigenvalue weighted by molar-refractivity contribution is 5.82. The van der Waals surface area contributed by atoms with Gasteiger partial charge in [0.25, 0.3) is 0 Å². The van der Waals surface area contributed by atoms with Gasteiger partial charge in [-0.15, -0.1) is 0 Å². The van der Waals surface area contributed by atoms with E-state index in [2.05, 4.69) is 38.3 Å². The quantitative estimate of drug-likeness (QED) is 0.698. The molecule has 0 aliphatic heterocycles. The summed E-state index contributed by atoms with van der Waals surface area (Å²) in [6.07, 6.45) is 0. The number of carboxylic acids is 1. The average molecular weight is 242 g/mol. The second-order valence-corrected chi connectivity index (χ2v) is 5.91. The van der Waals surface area contributed by atoms with Crippen molar-refractivity contribution in [1.82, 2.24) is 10.6 Å². The Balaban J connectivity index is 2.34. The average Bonchev–Trinajstić information content (AvgIpc) is 2.54. The molecule has 1 atom stereocenters. The third kappa shape index (κ3) is 2.53. The number of nitrogens with one attached hydrogen (secondary N) is 2. The summed E-state index contributed by atoms with van der Waals surface area (Å²) in [6, 6.07) is -1.28. The third-order valence-electron chi connectivity index (χ3n) is 4.50. The van der Waals surface area contributed by atoms with E-state index in [1.807, 2.05) is 0 Å². The fourth-order valence-electron chi connectivity index (χ4n) is 2.35. The molecule has 1 aliphatic rings. The van der Waals surface area contributed by atoms with Gasteiger partial charge in [0, 0.05) is 6.54 Å². The van der Waals surface area contributed by atoms with Gasteiger partial charge in [0.2, 0.25) is 0 Å². The number of hydrogen-bond acceptors (Lipinski definition) is 2. The van der Waals surface area contributed by atoms with Gasteiger partial charge in [0.05, 0.1) is 0 Å². The van der Waals surface area contributed by atoms with Crippen LogP contribution in [0, 0.1) is 16.7 Å². The van der Waals surface area contributed by atoms with Gasteiger partial charge in [0.1, 0.15) is 6.04 Å². The van der Waals surface area contributed by atoms with Gasteiger partial charge in [-0.25, -0.2) is 4.79 Å². The molecule has 0 aromatic heterocycles. The van der Waals surface area contributed by atoms with Crippen LogP contribution in [0.5, 0.6) is 0 Å². The van der Waals surface area contributed by atoms with Crippen molar-refractivity contribution < 1.29 is 14.7 Å². The zero-order chi connectivity index (χ0) is 13.4. The van der Waals surface area contributed by atoms with Crippen LogP contribution in [-0.4, -0.2) is 29.7 Å². The molecule has 0 radical (unpaired) electrons. The second-order valence-electron chi connectivity index (χ2n) is 5.91. The molecule has 0 aromatic rings. The summed E-state index contributed by atoms with van der Waals surface area (Å²) < 4.78 is 0. The van der Waals surface area contributed by atoms with Gasteiger partial charge < -0.3 is 15.7 Å². The molecule has 0 bridgehead atoms. The monoisotopic (exact) mass is 242 g/mol. The van der Waals surface area contributed by atoms with Gasteiger partial charge in [-0.1, -0.05) is 27.7 Å². The summed E-state index contributed by atoms with van der Waals surface area (Å²) in [4.78, 5) is 22.0. The maximum atomic E-state index is 11.4. The molecule has 1 saturated carbocycles. The normalized spacial score (nSPS) is 22.6. The van der Waals surface area contributed by atoms with Gasteiger partial charge in [-0.05, 0) is 23.7 Å². The molecule has 0 unspecified atom stereocenters. The SMILES string of the molecule is C[C@H](NC(=O)NCC1C(C)(C)C1(C)C)C(=O)O. The standard InChI is InChI=1S/C12H22N2O3/c1-7(9(15)16)14-10(17)13-6-8-11(2,3)12(8,4)5/h7-8H,6H2,1-5H3,(H,15,16)(H2,13,14,17)/t7-/m0/s1. The van der Waals surface area contributed by atoms with Crippen molar-refractivity contribution in [3.63, 3.8) is 0 Å². The zero-order valence-electron chi connectivity index (χ0n) is 11.1. The fraction of sp³-hybridized carbons (Fsp3) is 0.833. The Bertz CT molecular complexity index is 323. The highest BCUT2D eigenvalue weighted by atomic mass is 16.4. The van der Waals surface area contributed by atoms with Crippen LogP contribution in [0.3, 0.4) is 0 Å². The summed E-state index contributed by atoms with van der Waals surface area (Å²) in [5.74, 6) is -0.604. The molecular weight excluding hydrogens is 220 g/mol. The molecule has 1 aliphatic carbocycles. The number of carbonyl (C=O) groups excluding carboxylic acids is 1. The van der Waals surface area contributed by atoms with Crippen molar-refractivity contribution in [2.24, 2.45) is 16.7 Å². The smallest absolute Gasteiger partial charge is 0.325 e. The Morgan fingerprint density at radius 3 is 2.06 bits per heavy atom. The molecule has 3 N–H and O–H groups in total.